The number of para-hydroxylation sites is 1. The molecule has 0 radical (unpaired) electrons. The van der Waals surface area contributed by atoms with E-state index in [9.17, 15) is 0 Å². The van der Waals surface area contributed by atoms with Gasteiger partial charge in [0.05, 0.1) is 11.6 Å². The lowest BCUT2D eigenvalue weighted by atomic mass is 10.3. The third-order valence-corrected chi connectivity index (χ3v) is 2.92. The van der Waals surface area contributed by atoms with Crippen molar-refractivity contribution < 1.29 is 4.74 Å². The van der Waals surface area contributed by atoms with Gasteiger partial charge < -0.3 is 4.74 Å². The number of nitriles is 1. The zero-order valence-electron chi connectivity index (χ0n) is 9.25. The number of hydrogen-bond acceptors (Lipinski definition) is 4. The molecule has 2 aromatic rings. The van der Waals surface area contributed by atoms with E-state index in [1.807, 2.05) is 30.5 Å². The van der Waals surface area contributed by atoms with Gasteiger partial charge in [-0.3, -0.25) is 0 Å². The van der Waals surface area contributed by atoms with Crippen LogP contribution in [0.15, 0.2) is 47.5 Å². The third-order valence-electron chi connectivity index (χ3n) is 2.15. The van der Waals surface area contributed by atoms with Gasteiger partial charge in [-0.25, -0.2) is 4.98 Å². The molecule has 0 fully saturated rings. The van der Waals surface area contributed by atoms with Crippen LogP contribution in [0.3, 0.4) is 0 Å². The molecule has 0 spiro atoms. The van der Waals surface area contributed by atoms with E-state index in [-0.39, 0.29) is 0 Å². The Balaban J connectivity index is 2.28. The fourth-order valence-electron chi connectivity index (χ4n) is 1.35. The van der Waals surface area contributed by atoms with E-state index in [0.29, 0.717) is 11.4 Å². The molecule has 0 aliphatic carbocycles. The van der Waals surface area contributed by atoms with Crippen LogP contribution in [0.2, 0.25) is 0 Å². The zero-order valence-corrected chi connectivity index (χ0v) is 10.1. The summed E-state index contributed by atoms with van der Waals surface area (Å²) in [5.41, 5.74) is 0.539. The van der Waals surface area contributed by atoms with Gasteiger partial charge in [-0.2, -0.15) is 5.26 Å². The molecule has 0 aliphatic heterocycles. The number of aromatic nitrogens is 1. The first-order chi connectivity index (χ1) is 8.33. The first-order valence-electron chi connectivity index (χ1n) is 5.00. The Bertz CT molecular complexity index is 563. The van der Waals surface area contributed by atoms with Crippen LogP contribution in [0.1, 0.15) is 5.56 Å². The highest BCUT2D eigenvalue weighted by Crippen LogP contribution is 2.30. The minimum Gasteiger partial charge on any atom is -0.438 e. The molecule has 0 aliphatic rings. The average molecular weight is 242 g/mol. The molecule has 0 unspecified atom stereocenters. The first-order valence-corrected chi connectivity index (χ1v) is 6.23. The summed E-state index contributed by atoms with van der Waals surface area (Å²) in [6.45, 7) is 0. The highest BCUT2D eigenvalue weighted by Gasteiger charge is 2.04. The van der Waals surface area contributed by atoms with Crippen LogP contribution in [0.5, 0.6) is 11.6 Å². The van der Waals surface area contributed by atoms with Crippen LogP contribution >= 0.6 is 11.8 Å². The summed E-state index contributed by atoms with van der Waals surface area (Å²) in [5, 5.41) is 8.79. The Labute approximate surface area is 104 Å². The van der Waals surface area contributed by atoms with Gasteiger partial charge in [-0.1, -0.05) is 12.1 Å². The molecule has 1 heterocycles. The van der Waals surface area contributed by atoms with Crippen molar-refractivity contribution in [2.24, 2.45) is 0 Å². The van der Waals surface area contributed by atoms with Gasteiger partial charge in [0.25, 0.3) is 0 Å². The van der Waals surface area contributed by atoms with Gasteiger partial charge in [0.2, 0.25) is 5.88 Å². The Morgan fingerprint density at radius 1 is 1.29 bits per heavy atom. The van der Waals surface area contributed by atoms with E-state index in [4.69, 9.17) is 10.00 Å². The summed E-state index contributed by atoms with van der Waals surface area (Å²) in [5.74, 6) is 1.19. The fraction of sp³-hybridized carbons (Fsp3) is 0.0769. The van der Waals surface area contributed by atoms with Gasteiger partial charge in [0, 0.05) is 17.2 Å². The first kappa shape index (κ1) is 11.5. The van der Waals surface area contributed by atoms with Gasteiger partial charge in [-0.05, 0) is 24.5 Å². The Hall–Kier alpha value is -1.99. The molecular formula is C13H10N2OS. The van der Waals surface area contributed by atoms with E-state index in [1.54, 1.807) is 30.1 Å². The molecule has 84 valence electrons. The molecule has 0 saturated heterocycles. The minimum atomic E-state index is 0.436. The van der Waals surface area contributed by atoms with Gasteiger partial charge in [-0.15, -0.1) is 11.8 Å². The van der Waals surface area contributed by atoms with E-state index >= 15 is 0 Å². The van der Waals surface area contributed by atoms with Crippen molar-refractivity contribution in [3.8, 4) is 17.7 Å². The summed E-state index contributed by atoms with van der Waals surface area (Å²) in [6, 6.07) is 13.0. The van der Waals surface area contributed by atoms with Crippen LogP contribution in [0, 0.1) is 11.3 Å². The maximum Gasteiger partial charge on any atom is 0.220 e. The molecule has 0 amide bonds. The van der Waals surface area contributed by atoms with Crippen molar-refractivity contribution in [2.45, 2.75) is 4.90 Å². The Kier molecular flexibility index (Phi) is 3.63. The van der Waals surface area contributed by atoms with E-state index in [2.05, 4.69) is 11.1 Å². The molecule has 0 N–H and O–H groups in total. The number of ether oxygens (including phenoxy) is 1. The molecule has 17 heavy (non-hydrogen) atoms. The van der Waals surface area contributed by atoms with Crippen molar-refractivity contribution >= 4 is 11.8 Å². The monoisotopic (exact) mass is 242 g/mol. The van der Waals surface area contributed by atoms with Crippen molar-refractivity contribution in [2.75, 3.05) is 6.26 Å². The van der Waals surface area contributed by atoms with Crippen molar-refractivity contribution in [3.63, 3.8) is 0 Å². The highest BCUT2D eigenvalue weighted by molar-refractivity contribution is 7.98. The van der Waals surface area contributed by atoms with Crippen molar-refractivity contribution in [1.82, 2.24) is 4.98 Å². The SMILES string of the molecule is CSc1ccccc1Oc1cc(C#N)ccn1. The number of nitrogens with zero attached hydrogens (tertiary/aromatic N) is 2. The summed E-state index contributed by atoms with van der Waals surface area (Å²) >= 11 is 1.61. The molecule has 4 heteroatoms. The predicted molar refractivity (Wildman–Crippen MR) is 67.2 cm³/mol. The van der Waals surface area contributed by atoms with Gasteiger partial charge in [0.1, 0.15) is 5.75 Å². The van der Waals surface area contributed by atoms with E-state index < -0.39 is 0 Å². The van der Waals surface area contributed by atoms with Crippen molar-refractivity contribution in [3.05, 3.63) is 48.2 Å². The van der Waals surface area contributed by atoms with Crippen molar-refractivity contribution in [1.29, 1.82) is 5.26 Å². The summed E-state index contributed by atoms with van der Waals surface area (Å²) in [4.78, 5) is 5.11. The molecule has 3 nitrogen and oxygen atoms in total. The van der Waals surface area contributed by atoms with Crippen LogP contribution in [-0.4, -0.2) is 11.2 Å². The third kappa shape index (κ3) is 2.77. The summed E-state index contributed by atoms with van der Waals surface area (Å²) in [7, 11) is 0. The summed E-state index contributed by atoms with van der Waals surface area (Å²) in [6.07, 6.45) is 3.55. The molecule has 2 rings (SSSR count). The molecule has 0 bridgehead atoms. The lowest BCUT2D eigenvalue weighted by Crippen LogP contribution is -1.89. The Morgan fingerprint density at radius 3 is 2.88 bits per heavy atom. The number of thioether (sulfide) groups is 1. The van der Waals surface area contributed by atoms with Crippen LogP contribution in [0.4, 0.5) is 0 Å². The Morgan fingerprint density at radius 2 is 2.12 bits per heavy atom. The second kappa shape index (κ2) is 5.37. The second-order valence-corrected chi connectivity index (χ2v) is 4.10. The molecule has 0 saturated carbocycles. The normalized spacial score (nSPS) is 9.65. The quantitative estimate of drug-likeness (QED) is 0.773. The lowest BCUT2D eigenvalue weighted by molar-refractivity contribution is 0.452. The fourth-order valence-corrected chi connectivity index (χ4v) is 1.88. The average Bonchev–Trinajstić information content (AvgIpc) is 2.39. The minimum absolute atomic E-state index is 0.436. The predicted octanol–water partition coefficient (Wildman–Crippen LogP) is 3.47. The molecule has 1 aromatic heterocycles. The standard InChI is InChI=1S/C13H10N2OS/c1-17-12-5-3-2-4-11(12)16-13-8-10(9-14)6-7-15-13/h2-8H,1H3. The number of pyridine rings is 1. The van der Waals surface area contributed by atoms with Crippen LogP contribution in [0.25, 0.3) is 0 Å². The number of rotatable bonds is 3. The number of hydrogen-bond donors (Lipinski definition) is 0. The maximum absolute atomic E-state index is 8.79. The maximum atomic E-state index is 8.79. The highest BCUT2D eigenvalue weighted by atomic mass is 32.2. The lowest BCUT2D eigenvalue weighted by Gasteiger charge is -2.08. The zero-order chi connectivity index (χ0) is 12.1. The largest absolute Gasteiger partial charge is 0.438 e. The number of benzene rings is 1. The van der Waals surface area contributed by atoms with E-state index in [1.165, 1.54) is 0 Å². The molecule has 1 aromatic carbocycles. The van der Waals surface area contributed by atoms with E-state index in [0.717, 1.165) is 10.6 Å². The van der Waals surface area contributed by atoms with Crippen LogP contribution in [-0.2, 0) is 0 Å². The topological polar surface area (TPSA) is 45.9 Å². The second-order valence-electron chi connectivity index (χ2n) is 3.25. The van der Waals surface area contributed by atoms with Crippen LogP contribution < -0.4 is 4.74 Å². The smallest absolute Gasteiger partial charge is 0.220 e. The molecule has 0 atom stereocenters. The van der Waals surface area contributed by atoms with Gasteiger partial charge in [0.15, 0.2) is 0 Å². The van der Waals surface area contributed by atoms with Gasteiger partial charge >= 0.3 is 0 Å². The summed E-state index contributed by atoms with van der Waals surface area (Å²) < 4.78 is 5.66. The molecular weight excluding hydrogens is 232 g/mol.